The van der Waals surface area contributed by atoms with Crippen LogP contribution in [0.4, 0.5) is 9.18 Å². The zero-order chi connectivity index (χ0) is 37.4. The lowest BCUT2D eigenvalue weighted by molar-refractivity contribution is -0.143. The number of likely N-dealkylation sites (tertiary alicyclic amines) is 1. The largest absolute Gasteiger partial charge is 0.488 e. The van der Waals surface area contributed by atoms with Crippen molar-refractivity contribution in [1.82, 2.24) is 25.2 Å². The molecule has 5 atom stereocenters. The average molecular weight is 740 g/mol. The lowest BCUT2D eigenvalue weighted by atomic mass is 9.85. The maximum Gasteiger partial charge on any atom is 0.408 e. The second-order valence-electron chi connectivity index (χ2n) is 15.3. The number of amides is 4. The number of benzene rings is 1. The van der Waals surface area contributed by atoms with Crippen LogP contribution in [0.15, 0.2) is 55.3 Å². The Hall–Kier alpha value is -4.53. The SMILES string of the molecule is C=C[C@@H]1C[C@]1(NC(=O)[C@@H]1C[C@@H](Oc2ccnc(-c3ccc(F)cc3)c2)CN1C(=O)[C@@H](NC(=O)OC1CCCC1)C(C)(C)C)C(=O)NS(=O)(=O)C1CC1. The van der Waals surface area contributed by atoms with Gasteiger partial charge in [0.25, 0.3) is 5.91 Å². The minimum atomic E-state index is -3.90. The molecule has 1 saturated heterocycles. The molecule has 4 fully saturated rings. The van der Waals surface area contributed by atoms with E-state index >= 15 is 0 Å². The number of rotatable bonds is 12. The van der Waals surface area contributed by atoms with E-state index in [2.05, 4.69) is 26.9 Å². The summed E-state index contributed by atoms with van der Waals surface area (Å²) in [6.07, 6.45) is 5.81. The molecule has 3 N–H and O–H groups in total. The minimum absolute atomic E-state index is 0.0198. The number of alkyl carbamates (subject to hydrolysis) is 1. The molecule has 2 heterocycles. The number of halogens is 1. The molecule has 52 heavy (non-hydrogen) atoms. The van der Waals surface area contributed by atoms with Gasteiger partial charge in [-0.15, -0.1) is 6.58 Å². The summed E-state index contributed by atoms with van der Waals surface area (Å²) in [7, 11) is -3.90. The van der Waals surface area contributed by atoms with E-state index in [9.17, 15) is 32.0 Å². The molecule has 1 aliphatic heterocycles. The van der Waals surface area contributed by atoms with Gasteiger partial charge < -0.3 is 25.0 Å². The van der Waals surface area contributed by atoms with Crippen molar-refractivity contribution in [2.75, 3.05) is 6.54 Å². The zero-order valence-electron chi connectivity index (χ0n) is 29.6. The maximum absolute atomic E-state index is 14.5. The van der Waals surface area contributed by atoms with Gasteiger partial charge in [-0.2, -0.15) is 0 Å². The molecule has 2 aromatic rings. The van der Waals surface area contributed by atoms with Gasteiger partial charge in [-0.3, -0.25) is 24.1 Å². The molecule has 6 rings (SSSR count). The van der Waals surface area contributed by atoms with Gasteiger partial charge in [0.05, 0.1) is 17.5 Å². The monoisotopic (exact) mass is 739 g/mol. The molecule has 1 aromatic carbocycles. The second-order valence-corrected chi connectivity index (χ2v) is 17.3. The highest BCUT2D eigenvalue weighted by atomic mass is 32.2. The standard InChI is InChI=1S/C37H46FN5O8S/c1-5-23-20-37(23,34(46)42-52(48,49)28-14-15-28)41-32(44)30-19-27(50-26-16-17-39-29(18-26)22-10-12-24(38)13-11-22)21-43(30)33(45)31(36(2,3)4)40-35(47)51-25-8-6-7-9-25/h5,10-13,16-18,23,25,27-28,30-31H,1,6-9,14-15,19-21H2,2-4H3,(H,40,47)(H,41,44)(H,42,46)/t23-,27-,30+,31-,37-/m1/s1. The summed E-state index contributed by atoms with van der Waals surface area (Å²) >= 11 is 0. The molecule has 3 saturated carbocycles. The highest BCUT2D eigenvalue weighted by Gasteiger charge is 2.62. The Bertz CT molecular complexity index is 1820. The number of aromatic nitrogens is 1. The van der Waals surface area contributed by atoms with E-state index in [1.165, 1.54) is 29.3 Å². The second kappa shape index (κ2) is 14.5. The zero-order valence-corrected chi connectivity index (χ0v) is 30.4. The van der Waals surface area contributed by atoms with Crippen LogP contribution in [-0.4, -0.2) is 83.7 Å². The van der Waals surface area contributed by atoms with Gasteiger partial charge in [0.1, 0.15) is 41.4 Å². The first kappa shape index (κ1) is 37.2. The Kier molecular flexibility index (Phi) is 10.4. The Morgan fingerprint density at radius 2 is 1.75 bits per heavy atom. The first-order valence-corrected chi connectivity index (χ1v) is 19.3. The van der Waals surface area contributed by atoms with E-state index in [-0.39, 0.29) is 31.3 Å². The molecule has 3 aliphatic carbocycles. The number of carbonyl (C=O) groups excluding carboxylic acids is 4. The van der Waals surface area contributed by atoms with Crippen LogP contribution in [0.3, 0.4) is 0 Å². The smallest absolute Gasteiger partial charge is 0.408 e. The van der Waals surface area contributed by atoms with Crippen molar-refractivity contribution in [1.29, 1.82) is 0 Å². The van der Waals surface area contributed by atoms with Gasteiger partial charge in [-0.05, 0) is 80.7 Å². The Labute approximate surface area is 303 Å². The lowest BCUT2D eigenvalue weighted by Crippen LogP contribution is -2.60. The third-order valence-corrected chi connectivity index (χ3v) is 12.0. The number of hydrogen-bond donors (Lipinski definition) is 3. The predicted molar refractivity (Wildman–Crippen MR) is 189 cm³/mol. The maximum atomic E-state index is 14.5. The van der Waals surface area contributed by atoms with Gasteiger partial charge in [-0.25, -0.2) is 17.6 Å². The Morgan fingerprint density at radius 3 is 2.37 bits per heavy atom. The first-order valence-electron chi connectivity index (χ1n) is 17.8. The Balaban J connectivity index is 1.25. The summed E-state index contributed by atoms with van der Waals surface area (Å²) < 4.78 is 52.9. The minimum Gasteiger partial charge on any atom is -0.488 e. The van der Waals surface area contributed by atoms with Gasteiger partial charge in [0, 0.05) is 30.2 Å². The molecule has 0 unspecified atom stereocenters. The van der Waals surface area contributed by atoms with Crippen molar-refractivity contribution in [3.63, 3.8) is 0 Å². The van der Waals surface area contributed by atoms with Crippen molar-refractivity contribution in [2.24, 2.45) is 11.3 Å². The van der Waals surface area contributed by atoms with E-state index in [1.807, 2.05) is 0 Å². The van der Waals surface area contributed by atoms with E-state index in [4.69, 9.17) is 9.47 Å². The van der Waals surface area contributed by atoms with Crippen LogP contribution < -0.4 is 20.1 Å². The number of hydrogen-bond acceptors (Lipinski definition) is 9. The van der Waals surface area contributed by atoms with Crippen LogP contribution in [-0.2, 0) is 29.1 Å². The van der Waals surface area contributed by atoms with E-state index in [0.29, 0.717) is 29.8 Å². The quantitative estimate of drug-likeness (QED) is 0.272. The lowest BCUT2D eigenvalue weighted by Gasteiger charge is -2.35. The Morgan fingerprint density at radius 1 is 1.06 bits per heavy atom. The number of nitrogens with one attached hydrogen (secondary N) is 3. The van der Waals surface area contributed by atoms with Crippen LogP contribution >= 0.6 is 0 Å². The van der Waals surface area contributed by atoms with Gasteiger partial charge in [0.2, 0.25) is 21.8 Å². The van der Waals surface area contributed by atoms with Crippen LogP contribution in [0.2, 0.25) is 0 Å². The van der Waals surface area contributed by atoms with Crippen molar-refractivity contribution in [2.45, 2.75) is 107 Å². The van der Waals surface area contributed by atoms with Crippen molar-refractivity contribution in [3.8, 4) is 17.0 Å². The summed E-state index contributed by atoms with van der Waals surface area (Å²) in [6, 6.07) is 6.88. The number of pyridine rings is 1. The molecule has 0 bridgehead atoms. The average Bonchev–Trinajstić information content (AvgIpc) is 3.97. The molecular formula is C37H46FN5O8S. The normalized spacial score (nSPS) is 25.2. The van der Waals surface area contributed by atoms with Gasteiger partial charge >= 0.3 is 6.09 Å². The number of nitrogens with zero attached hydrogens (tertiary/aromatic N) is 2. The summed E-state index contributed by atoms with van der Waals surface area (Å²) in [5.74, 6) is -2.59. The van der Waals surface area contributed by atoms with E-state index < -0.39 is 74.1 Å². The highest BCUT2D eigenvalue weighted by molar-refractivity contribution is 7.91. The molecule has 15 heteroatoms. The molecular weight excluding hydrogens is 693 g/mol. The van der Waals surface area contributed by atoms with Crippen molar-refractivity contribution >= 4 is 33.8 Å². The molecule has 13 nitrogen and oxygen atoms in total. The summed E-state index contributed by atoms with van der Waals surface area (Å²) in [6.45, 7) is 9.08. The van der Waals surface area contributed by atoms with Crippen molar-refractivity contribution < 1.29 is 41.5 Å². The van der Waals surface area contributed by atoms with Crippen LogP contribution in [0.5, 0.6) is 5.75 Å². The van der Waals surface area contributed by atoms with E-state index in [1.54, 1.807) is 45.0 Å². The summed E-state index contributed by atoms with van der Waals surface area (Å²) in [4.78, 5) is 60.8. The van der Waals surface area contributed by atoms with Crippen molar-refractivity contribution in [3.05, 3.63) is 61.1 Å². The fourth-order valence-electron chi connectivity index (χ4n) is 6.97. The predicted octanol–water partition coefficient (Wildman–Crippen LogP) is 3.99. The van der Waals surface area contributed by atoms with Gasteiger partial charge in [0.15, 0.2) is 0 Å². The third kappa shape index (κ3) is 8.24. The highest BCUT2D eigenvalue weighted by Crippen LogP contribution is 2.45. The summed E-state index contributed by atoms with van der Waals surface area (Å²) in [5, 5.41) is 4.87. The fourth-order valence-corrected chi connectivity index (χ4v) is 8.34. The first-order chi connectivity index (χ1) is 24.6. The van der Waals surface area contributed by atoms with Crippen LogP contribution in [0, 0.1) is 17.2 Å². The number of carbonyl (C=O) groups is 4. The van der Waals surface area contributed by atoms with Crippen LogP contribution in [0.25, 0.3) is 11.3 Å². The molecule has 0 radical (unpaired) electrons. The van der Waals surface area contributed by atoms with E-state index in [0.717, 1.165) is 25.7 Å². The third-order valence-electron chi connectivity index (χ3n) is 10.2. The summed E-state index contributed by atoms with van der Waals surface area (Å²) in [5.41, 5.74) is -1.18. The molecule has 4 aliphatic rings. The van der Waals surface area contributed by atoms with Crippen LogP contribution in [0.1, 0.15) is 72.1 Å². The van der Waals surface area contributed by atoms with Gasteiger partial charge in [-0.1, -0.05) is 26.8 Å². The molecule has 0 spiro atoms. The number of sulfonamides is 1. The molecule has 4 amide bonds. The molecule has 1 aromatic heterocycles. The molecule has 280 valence electrons. The topological polar surface area (TPSA) is 173 Å². The fraction of sp³-hybridized carbons (Fsp3) is 0.541. The number of ether oxygens (including phenoxy) is 2.